The van der Waals surface area contributed by atoms with Gasteiger partial charge in [0.1, 0.15) is 0 Å². The quantitative estimate of drug-likeness (QED) is 0.819. The van der Waals surface area contributed by atoms with Crippen LogP contribution in [-0.4, -0.2) is 37.7 Å². The Bertz CT molecular complexity index is 445. The Hall–Kier alpha value is -0.590. The maximum absolute atomic E-state index is 13.0. The van der Waals surface area contributed by atoms with Crippen molar-refractivity contribution in [2.45, 2.75) is 19.0 Å². The number of ether oxygens (including phenoxy) is 1. The van der Waals surface area contributed by atoms with E-state index in [1.54, 1.807) is 12.1 Å². The molecule has 0 unspecified atom stereocenters. The van der Waals surface area contributed by atoms with Crippen molar-refractivity contribution in [1.82, 2.24) is 4.90 Å². The first-order chi connectivity index (χ1) is 9.47. The highest BCUT2D eigenvalue weighted by atomic mass is 79.9. The smallest absolute Gasteiger partial charge is 0.379 e. The highest BCUT2D eigenvalue weighted by Crippen LogP contribution is 2.34. The molecule has 2 rings (SSSR count). The number of halogens is 4. The van der Waals surface area contributed by atoms with Gasteiger partial charge in [0.25, 0.3) is 0 Å². The zero-order valence-corrected chi connectivity index (χ0v) is 12.6. The summed E-state index contributed by atoms with van der Waals surface area (Å²) >= 11 is 3.10. The van der Waals surface area contributed by atoms with Crippen LogP contribution in [0.5, 0.6) is 0 Å². The fourth-order valence-corrected chi connectivity index (χ4v) is 2.71. The lowest BCUT2D eigenvalue weighted by molar-refractivity contribution is -0.138. The Balaban J connectivity index is 1.95. The summed E-state index contributed by atoms with van der Waals surface area (Å²) in [6, 6.07) is 4.38. The van der Waals surface area contributed by atoms with Gasteiger partial charge in [-0.3, -0.25) is 4.90 Å². The van der Waals surface area contributed by atoms with Crippen molar-refractivity contribution in [1.29, 1.82) is 0 Å². The van der Waals surface area contributed by atoms with E-state index in [1.165, 1.54) is 0 Å². The van der Waals surface area contributed by atoms with Crippen molar-refractivity contribution in [3.05, 3.63) is 33.8 Å². The Morgan fingerprint density at radius 1 is 1.20 bits per heavy atom. The molecule has 1 aliphatic heterocycles. The number of alkyl halides is 3. The summed E-state index contributed by atoms with van der Waals surface area (Å²) in [5.74, 6) is 0. The molecule has 20 heavy (non-hydrogen) atoms. The molecule has 1 saturated heterocycles. The van der Waals surface area contributed by atoms with E-state index in [9.17, 15) is 13.2 Å². The van der Waals surface area contributed by atoms with Crippen LogP contribution in [0.1, 0.15) is 17.5 Å². The molecule has 6 heteroatoms. The molecule has 0 aliphatic carbocycles. The van der Waals surface area contributed by atoms with Gasteiger partial charge < -0.3 is 4.74 Å². The lowest BCUT2D eigenvalue weighted by Crippen LogP contribution is -2.37. The molecule has 1 aliphatic rings. The zero-order chi connectivity index (χ0) is 14.6. The van der Waals surface area contributed by atoms with Crippen molar-refractivity contribution in [2.24, 2.45) is 0 Å². The fourth-order valence-electron chi connectivity index (χ4n) is 2.35. The number of hydrogen-bond acceptors (Lipinski definition) is 2. The monoisotopic (exact) mass is 351 g/mol. The second-order valence-corrected chi connectivity index (χ2v) is 5.77. The molecule has 112 valence electrons. The summed E-state index contributed by atoms with van der Waals surface area (Å²) in [5, 5.41) is 0. The van der Waals surface area contributed by atoms with Crippen molar-refractivity contribution < 1.29 is 17.9 Å². The third kappa shape index (κ3) is 4.46. The Morgan fingerprint density at radius 2 is 1.90 bits per heavy atom. The van der Waals surface area contributed by atoms with Crippen LogP contribution in [0, 0.1) is 0 Å². The summed E-state index contributed by atoms with van der Waals surface area (Å²) in [4.78, 5) is 2.23. The highest BCUT2D eigenvalue weighted by Gasteiger charge is 2.33. The zero-order valence-electron chi connectivity index (χ0n) is 11.0. The van der Waals surface area contributed by atoms with Crippen LogP contribution in [0.4, 0.5) is 13.2 Å². The summed E-state index contributed by atoms with van der Waals surface area (Å²) in [6.45, 7) is 3.98. The first-order valence-electron chi connectivity index (χ1n) is 6.62. The van der Waals surface area contributed by atoms with E-state index in [2.05, 4.69) is 20.8 Å². The van der Waals surface area contributed by atoms with E-state index in [0.29, 0.717) is 29.7 Å². The van der Waals surface area contributed by atoms with Crippen molar-refractivity contribution in [3.63, 3.8) is 0 Å². The molecule has 0 spiro atoms. The lowest BCUT2D eigenvalue weighted by atomic mass is 10.0. The van der Waals surface area contributed by atoms with Gasteiger partial charge in [-0.25, -0.2) is 0 Å². The van der Waals surface area contributed by atoms with Gasteiger partial charge in [0.15, 0.2) is 0 Å². The van der Waals surface area contributed by atoms with Gasteiger partial charge in [0.2, 0.25) is 0 Å². The molecule has 0 atom stereocenters. The van der Waals surface area contributed by atoms with Crippen LogP contribution in [0.15, 0.2) is 22.7 Å². The van der Waals surface area contributed by atoms with Gasteiger partial charge in [-0.15, -0.1) is 0 Å². The second-order valence-electron chi connectivity index (χ2n) is 4.86. The summed E-state index contributed by atoms with van der Waals surface area (Å²) in [7, 11) is 0. The standard InChI is InChI=1S/C14H17BrF3NO/c15-12-4-3-11(13(10-12)14(16,17)18)2-1-5-19-6-8-20-9-7-19/h3-4,10H,1-2,5-9H2. The van der Waals surface area contributed by atoms with Crippen LogP contribution >= 0.6 is 15.9 Å². The molecular formula is C14H17BrF3NO. The minimum absolute atomic E-state index is 0.369. The molecule has 1 aromatic rings. The minimum atomic E-state index is -4.29. The van der Waals surface area contributed by atoms with Gasteiger partial charge in [0, 0.05) is 17.6 Å². The molecule has 1 fully saturated rings. The molecule has 0 bridgehead atoms. The maximum atomic E-state index is 13.0. The number of aryl methyl sites for hydroxylation is 1. The average molecular weight is 352 g/mol. The first-order valence-corrected chi connectivity index (χ1v) is 7.42. The van der Waals surface area contributed by atoms with Crippen LogP contribution in [0.2, 0.25) is 0 Å². The SMILES string of the molecule is FC(F)(F)c1cc(Br)ccc1CCCN1CCOCC1. The topological polar surface area (TPSA) is 12.5 Å². The molecule has 0 N–H and O–H groups in total. The van der Waals surface area contributed by atoms with Crippen LogP contribution in [0.3, 0.4) is 0 Å². The second kappa shape index (κ2) is 6.91. The molecule has 0 amide bonds. The number of hydrogen-bond donors (Lipinski definition) is 0. The predicted molar refractivity (Wildman–Crippen MR) is 74.7 cm³/mol. The van der Waals surface area contributed by atoms with E-state index in [-0.39, 0.29) is 0 Å². The first kappa shape index (κ1) is 15.8. The number of morpholine rings is 1. The lowest BCUT2D eigenvalue weighted by Gasteiger charge is -2.26. The number of nitrogens with zero attached hydrogens (tertiary/aromatic N) is 1. The van der Waals surface area contributed by atoms with Crippen molar-refractivity contribution in [3.8, 4) is 0 Å². The Kier molecular flexibility index (Phi) is 5.46. The molecule has 2 nitrogen and oxygen atoms in total. The molecular weight excluding hydrogens is 335 g/mol. The molecule has 1 aromatic carbocycles. The van der Waals surface area contributed by atoms with Crippen LogP contribution in [0.25, 0.3) is 0 Å². The van der Waals surface area contributed by atoms with Gasteiger partial charge in [-0.2, -0.15) is 13.2 Å². The molecule has 0 aromatic heterocycles. The van der Waals surface area contributed by atoms with Gasteiger partial charge >= 0.3 is 6.18 Å². The summed E-state index contributed by atoms with van der Waals surface area (Å²) in [5.41, 5.74) is -0.164. The minimum Gasteiger partial charge on any atom is -0.379 e. The normalized spacial score (nSPS) is 17.4. The molecule has 0 radical (unpaired) electrons. The van der Waals surface area contributed by atoms with Crippen molar-refractivity contribution >= 4 is 15.9 Å². The molecule has 0 saturated carbocycles. The van der Waals surface area contributed by atoms with Crippen LogP contribution in [-0.2, 0) is 17.3 Å². The van der Waals surface area contributed by atoms with E-state index in [1.807, 2.05) is 0 Å². The predicted octanol–water partition coefficient (Wildman–Crippen LogP) is 3.73. The largest absolute Gasteiger partial charge is 0.416 e. The van der Waals surface area contributed by atoms with Gasteiger partial charge in [0.05, 0.1) is 18.8 Å². The Labute approximate surface area is 125 Å². The van der Waals surface area contributed by atoms with E-state index >= 15 is 0 Å². The van der Waals surface area contributed by atoms with Crippen LogP contribution < -0.4 is 0 Å². The summed E-state index contributed by atoms with van der Waals surface area (Å²) < 4.78 is 44.6. The van der Waals surface area contributed by atoms with E-state index in [0.717, 1.165) is 32.1 Å². The number of benzene rings is 1. The average Bonchev–Trinajstić information content (AvgIpc) is 2.40. The third-order valence-corrected chi connectivity index (χ3v) is 3.89. The summed E-state index contributed by atoms with van der Waals surface area (Å²) in [6.07, 6.45) is -3.12. The maximum Gasteiger partial charge on any atom is 0.416 e. The third-order valence-electron chi connectivity index (χ3n) is 3.40. The van der Waals surface area contributed by atoms with Crippen molar-refractivity contribution in [2.75, 3.05) is 32.8 Å². The molecule has 1 heterocycles. The fraction of sp³-hybridized carbons (Fsp3) is 0.571. The van der Waals surface area contributed by atoms with E-state index in [4.69, 9.17) is 4.74 Å². The highest BCUT2D eigenvalue weighted by molar-refractivity contribution is 9.10. The van der Waals surface area contributed by atoms with E-state index < -0.39 is 11.7 Å². The Morgan fingerprint density at radius 3 is 2.55 bits per heavy atom. The number of rotatable bonds is 4. The van der Waals surface area contributed by atoms with Gasteiger partial charge in [-0.05, 0) is 37.1 Å². The van der Waals surface area contributed by atoms with Gasteiger partial charge in [-0.1, -0.05) is 22.0 Å².